The van der Waals surface area contributed by atoms with Crippen molar-refractivity contribution >= 4 is 46.3 Å². The molecule has 0 aliphatic heterocycles. The molecule has 0 radical (unpaired) electrons. The minimum Gasteiger partial charge on any atom is -0.377 e. The lowest BCUT2D eigenvalue weighted by Crippen LogP contribution is -2.28. The quantitative estimate of drug-likeness (QED) is 0.622. The van der Waals surface area contributed by atoms with Crippen molar-refractivity contribution in [1.29, 1.82) is 0 Å². The van der Waals surface area contributed by atoms with Gasteiger partial charge in [0.1, 0.15) is 5.69 Å². The van der Waals surface area contributed by atoms with E-state index in [1.165, 1.54) is 12.5 Å². The molecule has 1 fully saturated rings. The third kappa shape index (κ3) is 3.71. The fourth-order valence-electron chi connectivity index (χ4n) is 2.51. The first-order chi connectivity index (χ1) is 9.51. The number of hydrogen-bond donors (Lipinski definition) is 1. The second-order valence-electron chi connectivity index (χ2n) is 4.91. The van der Waals surface area contributed by atoms with E-state index in [-0.39, 0.29) is 16.8 Å². The van der Waals surface area contributed by atoms with Crippen LogP contribution < -0.4 is 5.32 Å². The highest BCUT2D eigenvalue weighted by Crippen LogP contribution is 2.36. The Balaban J connectivity index is 2.19. The monoisotopic (exact) mass is 334 g/mol. The van der Waals surface area contributed by atoms with Crippen molar-refractivity contribution in [3.8, 4) is 0 Å². The Bertz CT molecular complexity index is 513. The first-order valence-electron chi connectivity index (χ1n) is 6.44. The Labute approximate surface area is 132 Å². The molecule has 1 saturated carbocycles. The summed E-state index contributed by atoms with van der Waals surface area (Å²) in [5.74, 6) is 0. The predicted octanol–water partition coefficient (Wildman–Crippen LogP) is 4.99. The van der Waals surface area contributed by atoms with Gasteiger partial charge in [-0.25, -0.2) is 0 Å². The first kappa shape index (κ1) is 15.7. The van der Waals surface area contributed by atoms with E-state index < -0.39 is 4.92 Å². The van der Waals surface area contributed by atoms with Gasteiger partial charge < -0.3 is 5.32 Å². The normalized spacial score (nSPS) is 22.6. The summed E-state index contributed by atoms with van der Waals surface area (Å²) >= 11 is 13.7. The molecule has 20 heavy (non-hydrogen) atoms. The highest BCUT2D eigenvalue weighted by atomic mass is 35.5. The van der Waals surface area contributed by atoms with Crippen LogP contribution in [0, 0.1) is 10.1 Å². The fourth-order valence-corrected chi connectivity index (χ4v) is 3.66. The molecular formula is C13H16Cl2N2O2S. The number of benzene rings is 1. The molecule has 0 saturated heterocycles. The average Bonchev–Trinajstić information content (AvgIpc) is 2.42. The van der Waals surface area contributed by atoms with Gasteiger partial charge in [-0.1, -0.05) is 29.6 Å². The number of thioether (sulfide) groups is 1. The Morgan fingerprint density at radius 2 is 2.05 bits per heavy atom. The van der Waals surface area contributed by atoms with Crippen LogP contribution in [0.15, 0.2) is 12.1 Å². The van der Waals surface area contributed by atoms with Crippen LogP contribution in [0.1, 0.15) is 25.7 Å². The summed E-state index contributed by atoms with van der Waals surface area (Å²) in [4.78, 5) is 10.7. The molecule has 110 valence electrons. The van der Waals surface area contributed by atoms with Gasteiger partial charge >= 0.3 is 0 Å². The topological polar surface area (TPSA) is 55.2 Å². The number of nitro benzene ring substituents is 1. The zero-order valence-electron chi connectivity index (χ0n) is 11.1. The molecule has 0 bridgehead atoms. The zero-order chi connectivity index (χ0) is 14.7. The lowest BCUT2D eigenvalue weighted by molar-refractivity contribution is -0.384. The van der Waals surface area contributed by atoms with Crippen LogP contribution in [0.3, 0.4) is 0 Å². The van der Waals surface area contributed by atoms with E-state index in [1.54, 1.807) is 6.07 Å². The van der Waals surface area contributed by atoms with Crippen molar-refractivity contribution in [3.05, 3.63) is 32.3 Å². The van der Waals surface area contributed by atoms with E-state index in [2.05, 4.69) is 11.6 Å². The van der Waals surface area contributed by atoms with Crippen LogP contribution in [0.25, 0.3) is 0 Å². The summed E-state index contributed by atoms with van der Waals surface area (Å²) in [6, 6.07) is 3.10. The summed E-state index contributed by atoms with van der Waals surface area (Å²) in [5, 5.41) is 15.5. The lowest BCUT2D eigenvalue weighted by Gasteiger charge is -2.29. The van der Waals surface area contributed by atoms with Crippen LogP contribution >= 0.6 is 35.0 Å². The van der Waals surface area contributed by atoms with Gasteiger partial charge in [-0.2, -0.15) is 11.8 Å². The molecule has 1 N–H and O–H groups in total. The van der Waals surface area contributed by atoms with Gasteiger partial charge in [0.15, 0.2) is 0 Å². The minimum atomic E-state index is -0.431. The van der Waals surface area contributed by atoms with Crippen LogP contribution in [0.5, 0.6) is 0 Å². The summed E-state index contributed by atoms with van der Waals surface area (Å²) < 4.78 is 0. The van der Waals surface area contributed by atoms with Crippen molar-refractivity contribution in [2.45, 2.75) is 37.0 Å². The number of nitrogens with zero attached hydrogens (tertiary/aromatic N) is 1. The standard InChI is InChI=1S/C13H16Cl2N2O2S/c1-20-9-4-2-3-8(5-9)16-12-6-10(14)11(15)7-13(12)17(18)19/h6-9,16H,2-5H2,1H3. The molecule has 1 aliphatic rings. The van der Waals surface area contributed by atoms with Gasteiger partial charge in [-0.15, -0.1) is 0 Å². The van der Waals surface area contributed by atoms with E-state index in [4.69, 9.17) is 23.2 Å². The van der Waals surface area contributed by atoms with E-state index in [0.717, 1.165) is 19.3 Å². The van der Waals surface area contributed by atoms with Crippen LogP contribution in [0.2, 0.25) is 10.0 Å². The van der Waals surface area contributed by atoms with Crippen molar-refractivity contribution in [1.82, 2.24) is 0 Å². The van der Waals surface area contributed by atoms with E-state index in [0.29, 0.717) is 16.0 Å². The molecule has 1 aromatic carbocycles. The largest absolute Gasteiger partial charge is 0.377 e. The van der Waals surface area contributed by atoms with Gasteiger partial charge in [0.2, 0.25) is 0 Å². The zero-order valence-corrected chi connectivity index (χ0v) is 13.4. The molecule has 1 aliphatic carbocycles. The lowest BCUT2D eigenvalue weighted by atomic mass is 9.94. The summed E-state index contributed by atoms with van der Waals surface area (Å²) in [6.07, 6.45) is 6.49. The Kier molecular flexibility index (Phi) is 5.41. The molecule has 7 heteroatoms. The SMILES string of the molecule is CSC1CCCC(Nc2cc(Cl)c(Cl)cc2[N+](=O)[O-])C1. The highest BCUT2D eigenvalue weighted by molar-refractivity contribution is 7.99. The number of nitro groups is 1. The van der Waals surface area contributed by atoms with Gasteiger partial charge in [-0.3, -0.25) is 10.1 Å². The first-order valence-corrected chi connectivity index (χ1v) is 8.48. The summed E-state index contributed by atoms with van der Waals surface area (Å²) in [7, 11) is 0. The van der Waals surface area contributed by atoms with Crippen molar-refractivity contribution in [2.24, 2.45) is 0 Å². The molecule has 4 nitrogen and oxygen atoms in total. The second-order valence-corrected chi connectivity index (χ2v) is 6.86. The van der Waals surface area contributed by atoms with Crippen molar-refractivity contribution in [3.63, 3.8) is 0 Å². The predicted molar refractivity (Wildman–Crippen MR) is 86.3 cm³/mol. The number of rotatable bonds is 4. The maximum absolute atomic E-state index is 11.1. The van der Waals surface area contributed by atoms with Gasteiger partial charge in [0.05, 0.1) is 15.0 Å². The Hall–Kier alpha value is -0.650. The van der Waals surface area contributed by atoms with Crippen LogP contribution in [0.4, 0.5) is 11.4 Å². The Morgan fingerprint density at radius 1 is 1.35 bits per heavy atom. The molecule has 0 heterocycles. The molecule has 0 amide bonds. The summed E-state index contributed by atoms with van der Waals surface area (Å²) in [6.45, 7) is 0. The average molecular weight is 335 g/mol. The molecule has 0 spiro atoms. The number of anilines is 1. The maximum Gasteiger partial charge on any atom is 0.293 e. The molecule has 1 aromatic rings. The van der Waals surface area contributed by atoms with Crippen molar-refractivity contribution in [2.75, 3.05) is 11.6 Å². The van der Waals surface area contributed by atoms with E-state index in [9.17, 15) is 10.1 Å². The molecule has 0 aromatic heterocycles. The number of halogens is 2. The smallest absolute Gasteiger partial charge is 0.293 e. The van der Waals surface area contributed by atoms with Gasteiger partial charge in [0, 0.05) is 17.4 Å². The molecule has 2 unspecified atom stereocenters. The van der Waals surface area contributed by atoms with E-state index in [1.807, 2.05) is 11.8 Å². The van der Waals surface area contributed by atoms with Crippen molar-refractivity contribution < 1.29 is 4.92 Å². The molecular weight excluding hydrogens is 319 g/mol. The third-order valence-electron chi connectivity index (χ3n) is 3.55. The fraction of sp³-hybridized carbons (Fsp3) is 0.538. The Morgan fingerprint density at radius 3 is 2.70 bits per heavy atom. The van der Waals surface area contributed by atoms with E-state index >= 15 is 0 Å². The highest BCUT2D eigenvalue weighted by Gasteiger charge is 2.24. The molecule has 2 rings (SSSR count). The van der Waals surface area contributed by atoms with Gasteiger partial charge in [-0.05, 0) is 31.6 Å². The maximum atomic E-state index is 11.1. The second kappa shape index (κ2) is 6.87. The van der Waals surface area contributed by atoms with Gasteiger partial charge in [0.25, 0.3) is 5.69 Å². The number of nitrogens with one attached hydrogen (secondary N) is 1. The van der Waals surface area contributed by atoms with Crippen LogP contribution in [-0.4, -0.2) is 22.5 Å². The third-order valence-corrected chi connectivity index (χ3v) is 5.37. The van der Waals surface area contributed by atoms with Crippen LogP contribution in [-0.2, 0) is 0 Å². The molecule has 2 atom stereocenters. The number of hydrogen-bond acceptors (Lipinski definition) is 4. The summed E-state index contributed by atoms with van der Waals surface area (Å²) in [5.41, 5.74) is 0.432. The minimum absolute atomic E-state index is 0.0225.